The lowest BCUT2D eigenvalue weighted by Gasteiger charge is -2.35. The van der Waals surface area contributed by atoms with E-state index in [0.29, 0.717) is 6.04 Å². The van der Waals surface area contributed by atoms with Gasteiger partial charge in [-0.15, -0.1) is 12.4 Å². The van der Waals surface area contributed by atoms with Crippen molar-refractivity contribution in [2.24, 2.45) is 5.73 Å². The van der Waals surface area contributed by atoms with E-state index in [1.54, 1.807) is 0 Å². The number of halogens is 1. The number of rotatable bonds is 2. The van der Waals surface area contributed by atoms with Crippen molar-refractivity contribution in [1.29, 1.82) is 0 Å². The molecule has 1 saturated heterocycles. The zero-order chi connectivity index (χ0) is 8.97. The number of carbonyl (C=O) groups is 1. The molecule has 0 bridgehead atoms. The van der Waals surface area contributed by atoms with Gasteiger partial charge in [0.1, 0.15) is 0 Å². The molecule has 1 amide bonds. The van der Waals surface area contributed by atoms with Gasteiger partial charge in [-0.2, -0.15) is 0 Å². The molecule has 1 aliphatic rings. The van der Waals surface area contributed by atoms with Gasteiger partial charge in [0, 0.05) is 12.6 Å². The molecule has 1 aliphatic heterocycles. The number of nitrogens with two attached hydrogens (primary N) is 1. The largest absolute Gasteiger partial charge is 0.339 e. The van der Waals surface area contributed by atoms with Gasteiger partial charge in [0.15, 0.2) is 0 Å². The topological polar surface area (TPSA) is 46.3 Å². The van der Waals surface area contributed by atoms with Crippen LogP contribution in [0.5, 0.6) is 0 Å². The van der Waals surface area contributed by atoms with Crippen molar-refractivity contribution < 1.29 is 4.79 Å². The fraction of sp³-hybridized carbons (Fsp3) is 0.889. The molecule has 0 radical (unpaired) electrons. The molecule has 0 aromatic rings. The highest BCUT2D eigenvalue weighted by molar-refractivity contribution is 5.85. The molecule has 1 fully saturated rings. The van der Waals surface area contributed by atoms with Gasteiger partial charge in [-0.3, -0.25) is 4.79 Å². The van der Waals surface area contributed by atoms with Crippen LogP contribution in [0.4, 0.5) is 0 Å². The summed E-state index contributed by atoms with van der Waals surface area (Å²) < 4.78 is 0. The Morgan fingerprint density at radius 1 is 1.54 bits per heavy atom. The van der Waals surface area contributed by atoms with Crippen LogP contribution in [0.15, 0.2) is 0 Å². The zero-order valence-electron chi connectivity index (χ0n) is 8.16. The van der Waals surface area contributed by atoms with Gasteiger partial charge in [-0.1, -0.05) is 6.92 Å². The second-order valence-corrected chi connectivity index (χ2v) is 3.35. The summed E-state index contributed by atoms with van der Waals surface area (Å²) in [6.45, 7) is 3.21. The Balaban J connectivity index is 0.00000144. The van der Waals surface area contributed by atoms with Crippen molar-refractivity contribution >= 4 is 18.3 Å². The second kappa shape index (κ2) is 6.22. The number of piperidine rings is 1. The molecular formula is C9H19ClN2O. The van der Waals surface area contributed by atoms with Crippen LogP contribution in [0.2, 0.25) is 0 Å². The van der Waals surface area contributed by atoms with Crippen LogP contribution in [0.3, 0.4) is 0 Å². The zero-order valence-corrected chi connectivity index (χ0v) is 8.98. The monoisotopic (exact) mass is 206 g/mol. The molecule has 2 N–H and O–H groups in total. The number of likely N-dealkylation sites (tertiary alicyclic amines) is 1. The number of nitrogens with zero attached hydrogens (tertiary/aromatic N) is 1. The van der Waals surface area contributed by atoms with Gasteiger partial charge in [0.05, 0.1) is 6.54 Å². The van der Waals surface area contributed by atoms with Gasteiger partial charge >= 0.3 is 0 Å². The molecule has 1 heterocycles. The molecule has 0 aliphatic carbocycles. The predicted molar refractivity (Wildman–Crippen MR) is 55.9 cm³/mol. The molecule has 1 unspecified atom stereocenters. The highest BCUT2D eigenvalue weighted by Crippen LogP contribution is 2.18. The average Bonchev–Trinajstić information content (AvgIpc) is 2.16. The molecule has 4 heteroatoms. The summed E-state index contributed by atoms with van der Waals surface area (Å²) in [5.74, 6) is 0.113. The minimum atomic E-state index is 0. The van der Waals surface area contributed by atoms with Crippen LogP contribution in [-0.2, 0) is 4.79 Å². The summed E-state index contributed by atoms with van der Waals surface area (Å²) in [7, 11) is 0. The number of amides is 1. The molecule has 13 heavy (non-hydrogen) atoms. The minimum absolute atomic E-state index is 0. The summed E-state index contributed by atoms with van der Waals surface area (Å²) >= 11 is 0. The first-order valence-corrected chi connectivity index (χ1v) is 4.79. The van der Waals surface area contributed by atoms with Crippen LogP contribution >= 0.6 is 12.4 Å². The maximum atomic E-state index is 11.3. The third-order valence-corrected chi connectivity index (χ3v) is 2.59. The predicted octanol–water partition coefficient (Wildman–Crippen LogP) is 1.16. The number of carbonyl (C=O) groups excluding carboxylic acids is 1. The molecule has 3 nitrogen and oxygen atoms in total. The Bertz CT molecular complexity index is 164. The van der Waals surface area contributed by atoms with Crippen molar-refractivity contribution in [1.82, 2.24) is 4.90 Å². The summed E-state index contributed by atoms with van der Waals surface area (Å²) in [5, 5.41) is 0. The minimum Gasteiger partial charge on any atom is -0.339 e. The molecular weight excluding hydrogens is 188 g/mol. The molecule has 0 aromatic heterocycles. The van der Waals surface area contributed by atoms with E-state index in [-0.39, 0.29) is 24.9 Å². The lowest BCUT2D eigenvalue weighted by molar-refractivity contribution is -0.133. The number of hydrogen-bond donors (Lipinski definition) is 1. The average molecular weight is 207 g/mol. The van der Waals surface area contributed by atoms with E-state index < -0.39 is 0 Å². The summed E-state index contributed by atoms with van der Waals surface area (Å²) in [5.41, 5.74) is 5.33. The fourth-order valence-electron chi connectivity index (χ4n) is 1.87. The van der Waals surface area contributed by atoms with Crippen molar-refractivity contribution in [3.63, 3.8) is 0 Å². The fourth-order valence-corrected chi connectivity index (χ4v) is 1.87. The van der Waals surface area contributed by atoms with Crippen LogP contribution in [-0.4, -0.2) is 29.9 Å². The van der Waals surface area contributed by atoms with Crippen molar-refractivity contribution in [3.05, 3.63) is 0 Å². The summed E-state index contributed by atoms with van der Waals surface area (Å²) in [6, 6.07) is 0.454. The van der Waals surface area contributed by atoms with Crippen molar-refractivity contribution in [3.8, 4) is 0 Å². The van der Waals surface area contributed by atoms with E-state index >= 15 is 0 Å². The molecule has 0 saturated carbocycles. The van der Waals surface area contributed by atoms with Crippen LogP contribution in [0.25, 0.3) is 0 Å². The maximum absolute atomic E-state index is 11.3. The number of hydrogen-bond acceptors (Lipinski definition) is 2. The Kier molecular flexibility index (Phi) is 6.08. The molecule has 1 rings (SSSR count). The highest BCUT2D eigenvalue weighted by Gasteiger charge is 2.23. The lowest BCUT2D eigenvalue weighted by atomic mass is 10.00. The normalized spacial score (nSPS) is 22.3. The second-order valence-electron chi connectivity index (χ2n) is 3.35. The Labute approximate surface area is 86.1 Å². The van der Waals surface area contributed by atoms with E-state index in [1.807, 2.05) is 4.90 Å². The van der Waals surface area contributed by atoms with Gasteiger partial charge in [0.25, 0.3) is 0 Å². The maximum Gasteiger partial charge on any atom is 0.236 e. The van der Waals surface area contributed by atoms with Crippen molar-refractivity contribution in [2.75, 3.05) is 13.1 Å². The van der Waals surface area contributed by atoms with E-state index in [0.717, 1.165) is 25.8 Å². The first-order valence-electron chi connectivity index (χ1n) is 4.79. The first kappa shape index (κ1) is 12.7. The highest BCUT2D eigenvalue weighted by atomic mass is 35.5. The summed E-state index contributed by atoms with van der Waals surface area (Å²) in [4.78, 5) is 13.3. The third-order valence-electron chi connectivity index (χ3n) is 2.59. The summed E-state index contributed by atoms with van der Waals surface area (Å²) in [6.07, 6.45) is 4.61. The Morgan fingerprint density at radius 2 is 2.23 bits per heavy atom. The van der Waals surface area contributed by atoms with Crippen LogP contribution < -0.4 is 5.73 Å². The van der Waals surface area contributed by atoms with Gasteiger partial charge in [-0.25, -0.2) is 0 Å². The van der Waals surface area contributed by atoms with E-state index in [2.05, 4.69) is 6.92 Å². The van der Waals surface area contributed by atoms with E-state index in [1.165, 1.54) is 6.42 Å². The lowest BCUT2D eigenvalue weighted by Crippen LogP contribution is -2.46. The SMILES string of the molecule is CCC1CCCCN1C(=O)CN.Cl. The van der Waals surface area contributed by atoms with Gasteiger partial charge in [0.2, 0.25) is 5.91 Å². The van der Waals surface area contributed by atoms with Gasteiger partial charge < -0.3 is 10.6 Å². The quantitative estimate of drug-likeness (QED) is 0.737. The molecule has 1 atom stereocenters. The van der Waals surface area contributed by atoms with E-state index in [9.17, 15) is 4.79 Å². The Hall–Kier alpha value is -0.280. The molecule has 0 spiro atoms. The van der Waals surface area contributed by atoms with Crippen LogP contribution in [0, 0.1) is 0 Å². The van der Waals surface area contributed by atoms with Crippen LogP contribution in [0.1, 0.15) is 32.6 Å². The Morgan fingerprint density at radius 3 is 2.77 bits per heavy atom. The van der Waals surface area contributed by atoms with E-state index in [4.69, 9.17) is 5.73 Å². The molecule has 0 aromatic carbocycles. The smallest absolute Gasteiger partial charge is 0.236 e. The first-order chi connectivity index (χ1) is 5.79. The van der Waals surface area contributed by atoms with Gasteiger partial charge in [-0.05, 0) is 25.7 Å². The van der Waals surface area contributed by atoms with Crippen molar-refractivity contribution in [2.45, 2.75) is 38.6 Å². The molecule has 78 valence electrons. The standard InChI is InChI=1S/C9H18N2O.ClH/c1-2-8-5-3-4-6-11(8)9(12)7-10;/h8H,2-7,10H2,1H3;1H. The third kappa shape index (κ3) is 3.16.